The van der Waals surface area contributed by atoms with Gasteiger partial charge in [0.05, 0.1) is 5.60 Å². The van der Waals surface area contributed by atoms with E-state index in [9.17, 15) is 15.0 Å². The second-order valence-electron chi connectivity index (χ2n) is 3.79. The molecule has 0 saturated heterocycles. The van der Waals surface area contributed by atoms with Gasteiger partial charge in [-0.1, -0.05) is 30.3 Å². The highest BCUT2D eigenvalue weighted by atomic mass is 16.3. The molecule has 0 aliphatic rings. The highest BCUT2D eigenvalue weighted by molar-refractivity contribution is 5.99. The molecule has 1 atom stereocenters. The lowest BCUT2D eigenvalue weighted by atomic mass is 9.94. The van der Waals surface area contributed by atoms with E-state index in [1.807, 2.05) is 0 Å². The van der Waals surface area contributed by atoms with Gasteiger partial charge in [-0.15, -0.1) is 0 Å². The van der Waals surface area contributed by atoms with Gasteiger partial charge in [0, 0.05) is 5.56 Å². The topological polar surface area (TPSA) is 57.5 Å². The van der Waals surface area contributed by atoms with Crippen LogP contribution in [0.5, 0.6) is 0 Å². The van der Waals surface area contributed by atoms with Crippen molar-refractivity contribution >= 4 is 5.78 Å². The Kier molecular flexibility index (Phi) is 3.03. The molecule has 14 heavy (non-hydrogen) atoms. The number of aliphatic hydroxyl groups excluding tert-OH is 1. The monoisotopic (exact) mass is 194 g/mol. The van der Waals surface area contributed by atoms with Crippen molar-refractivity contribution in [3.8, 4) is 0 Å². The summed E-state index contributed by atoms with van der Waals surface area (Å²) in [6.07, 6.45) is -1.38. The fourth-order valence-electron chi connectivity index (χ4n) is 1.08. The van der Waals surface area contributed by atoms with E-state index in [1.165, 1.54) is 13.8 Å². The number of carbonyl (C=O) groups excluding carboxylic acids is 1. The molecule has 3 heteroatoms. The molecule has 0 unspecified atom stereocenters. The molecule has 0 aromatic heterocycles. The Morgan fingerprint density at radius 1 is 1.29 bits per heavy atom. The molecule has 76 valence electrons. The van der Waals surface area contributed by atoms with Crippen LogP contribution in [0, 0.1) is 0 Å². The molecule has 2 N–H and O–H groups in total. The summed E-state index contributed by atoms with van der Waals surface area (Å²) in [4.78, 5) is 11.6. The summed E-state index contributed by atoms with van der Waals surface area (Å²) in [5.74, 6) is -0.460. The molecule has 0 bridgehead atoms. The normalized spacial score (nSPS) is 13.7. The van der Waals surface area contributed by atoms with Crippen LogP contribution >= 0.6 is 0 Å². The molecular formula is C11H14O3. The highest BCUT2D eigenvalue weighted by Gasteiger charge is 2.31. The Morgan fingerprint density at radius 3 is 2.21 bits per heavy atom. The molecule has 1 aromatic rings. The zero-order chi connectivity index (χ0) is 10.8. The average Bonchev–Trinajstić information content (AvgIpc) is 2.15. The highest BCUT2D eigenvalue weighted by Crippen LogP contribution is 2.13. The third kappa shape index (κ3) is 2.40. The van der Waals surface area contributed by atoms with Crippen molar-refractivity contribution in [2.24, 2.45) is 0 Å². The molecule has 1 aromatic carbocycles. The van der Waals surface area contributed by atoms with Crippen LogP contribution in [0.3, 0.4) is 0 Å². The van der Waals surface area contributed by atoms with E-state index in [1.54, 1.807) is 30.3 Å². The van der Waals surface area contributed by atoms with Crippen molar-refractivity contribution in [2.75, 3.05) is 0 Å². The predicted molar refractivity (Wildman–Crippen MR) is 53.1 cm³/mol. The number of Topliss-reactive ketones (excluding diaryl/α,β-unsaturated/α-hetero) is 1. The molecule has 0 aliphatic carbocycles. The quantitative estimate of drug-likeness (QED) is 0.706. The first-order valence-electron chi connectivity index (χ1n) is 4.42. The number of hydrogen-bond acceptors (Lipinski definition) is 3. The first-order valence-corrected chi connectivity index (χ1v) is 4.42. The molecule has 0 saturated carbocycles. The van der Waals surface area contributed by atoms with Gasteiger partial charge < -0.3 is 10.2 Å². The first-order chi connectivity index (χ1) is 6.43. The summed E-state index contributed by atoms with van der Waals surface area (Å²) in [6.45, 7) is 2.80. The number of hydrogen-bond donors (Lipinski definition) is 2. The lowest BCUT2D eigenvalue weighted by Gasteiger charge is -2.23. The Balaban J connectivity index is 2.87. The Hall–Kier alpha value is -1.19. The fraction of sp³-hybridized carbons (Fsp3) is 0.364. The minimum atomic E-state index is -1.41. The van der Waals surface area contributed by atoms with Gasteiger partial charge in [-0.25, -0.2) is 0 Å². The van der Waals surface area contributed by atoms with Gasteiger partial charge in [0.25, 0.3) is 0 Å². The number of benzene rings is 1. The fourth-order valence-corrected chi connectivity index (χ4v) is 1.08. The Labute approximate surface area is 83.0 Å². The van der Waals surface area contributed by atoms with Crippen molar-refractivity contribution < 1.29 is 15.0 Å². The average molecular weight is 194 g/mol. The molecule has 0 heterocycles. The smallest absolute Gasteiger partial charge is 0.194 e. The van der Waals surface area contributed by atoms with Crippen LogP contribution in [0.4, 0.5) is 0 Å². The van der Waals surface area contributed by atoms with Gasteiger partial charge in [0.15, 0.2) is 5.78 Å². The zero-order valence-corrected chi connectivity index (χ0v) is 8.27. The molecule has 0 amide bonds. The molecule has 0 fully saturated rings. The maximum absolute atomic E-state index is 11.6. The van der Waals surface area contributed by atoms with E-state index in [2.05, 4.69) is 0 Å². The standard InChI is InChI=1S/C11H14O3/c1-11(2,14)10(13)9(12)8-6-4-3-5-7-8/h3-7,10,13-14H,1-2H3/t10-/m1/s1. The van der Waals surface area contributed by atoms with Gasteiger partial charge >= 0.3 is 0 Å². The Bertz CT molecular complexity index is 311. The van der Waals surface area contributed by atoms with Crippen LogP contribution < -0.4 is 0 Å². The molecule has 0 aliphatic heterocycles. The van der Waals surface area contributed by atoms with Gasteiger partial charge in [0.2, 0.25) is 0 Å². The molecular weight excluding hydrogens is 180 g/mol. The van der Waals surface area contributed by atoms with Crippen molar-refractivity contribution in [1.29, 1.82) is 0 Å². The largest absolute Gasteiger partial charge is 0.387 e. The number of ketones is 1. The maximum atomic E-state index is 11.6. The summed E-state index contributed by atoms with van der Waals surface area (Å²) in [6, 6.07) is 8.43. The molecule has 1 rings (SSSR count). The van der Waals surface area contributed by atoms with Crippen molar-refractivity contribution in [2.45, 2.75) is 25.6 Å². The Morgan fingerprint density at radius 2 is 1.79 bits per heavy atom. The van der Waals surface area contributed by atoms with Crippen LogP contribution in [0.25, 0.3) is 0 Å². The van der Waals surface area contributed by atoms with Gasteiger partial charge in [0.1, 0.15) is 6.10 Å². The third-order valence-electron chi connectivity index (χ3n) is 1.98. The van der Waals surface area contributed by atoms with Crippen molar-refractivity contribution in [3.63, 3.8) is 0 Å². The van der Waals surface area contributed by atoms with Crippen molar-refractivity contribution in [3.05, 3.63) is 35.9 Å². The maximum Gasteiger partial charge on any atom is 0.194 e. The molecule has 3 nitrogen and oxygen atoms in total. The van der Waals surface area contributed by atoms with E-state index in [4.69, 9.17) is 0 Å². The summed E-state index contributed by atoms with van der Waals surface area (Å²) >= 11 is 0. The van der Waals surface area contributed by atoms with Crippen LogP contribution in [-0.4, -0.2) is 27.7 Å². The number of carbonyl (C=O) groups is 1. The van der Waals surface area contributed by atoms with Crippen LogP contribution in [0.15, 0.2) is 30.3 Å². The second kappa shape index (κ2) is 3.90. The van der Waals surface area contributed by atoms with E-state index in [0.29, 0.717) is 5.56 Å². The minimum absolute atomic E-state index is 0.405. The zero-order valence-electron chi connectivity index (χ0n) is 8.27. The number of aliphatic hydroxyl groups is 2. The SMILES string of the molecule is CC(C)(O)[C@H](O)C(=O)c1ccccc1. The minimum Gasteiger partial charge on any atom is -0.387 e. The summed E-state index contributed by atoms with van der Waals surface area (Å²) in [7, 11) is 0. The second-order valence-corrected chi connectivity index (χ2v) is 3.79. The van der Waals surface area contributed by atoms with Gasteiger partial charge in [-0.2, -0.15) is 0 Å². The predicted octanol–water partition coefficient (Wildman–Crippen LogP) is 1.00. The van der Waals surface area contributed by atoms with E-state index < -0.39 is 17.5 Å². The molecule has 0 spiro atoms. The van der Waals surface area contributed by atoms with Crippen molar-refractivity contribution in [1.82, 2.24) is 0 Å². The number of rotatable bonds is 3. The summed E-state index contributed by atoms with van der Waals surface area (Å²) < 4.78 is 0. The van der Waals surface area contributed by atoms with Crippen LogP contribution in [-0.2, 0) is 0 Å². The van der Waals surface area contributed by atoms with Crippen LogP contribution in [0.2, 0.25) is 0 Å². The van der Waals surface area contributed by atoms with E-state index in [0.717, 1.165) is 0 Å². The molecule has 0 radical (unpaired) electrons. The van der Waals surface area contributed by atoms with E-state index in [-0.39, 0.29) is 0 Å². The summed E-state index contributed by atoms with van der Waals surface area (Å²) in [5, 5.41) is 19.0. The summed E-state index contributed by atoms with van der Waals surface area (Å²) in [5.41, 5.74) is -1.01. The van der Waals surface area contributed by atoms with Gasteiger partial charge in [-0.3, -0.25) is 4.79 Å². The third-order valence-corrected chi connectivity index (χ3v) is 1.98. The lowest BCUT2D eigenvalue weighted by Crippen LogP contribution is -2.41. The van der Waals surface area contributed by atoms with Gasteiger partial charge in [-0.05, 0) is 13.8 Å². The van der Waals surface area contributed by atoms with E-state index >= 15 is 0 Å². The van der Waals surface area contributed by atoms with Crippen LogP contribution in [0.1, 0.15) is 24.2 Å². The first kappa shape index (κ1) is 10.9. The lowest BCUT2D eigenvalue weighted by molar-refractivity contribution is -0.0324.